The van der Waals surface area contributed by atoms with Crippen molar-refractivity contribution in [2.24, 2.45) is 0 Å². The third-order valence-electron chi connectivity index (χ3n) is 3.40. The maximum Gasteiger partial charge on any atom is 0.323 e. The van der Waals surface area contributed by atoms with Crippen LogP contribution in [0.3, 0.4) is 0 Å². The van der Waals surface area contributed by atoms with Crippen LogP contribution in [0.4, 0.5) is 14.3 Å². The summed E-state index contributed by atoms with van der Waals surface area (Å²) in [5, 5.41) is 12.1. The number of nitrogens with one attached hydrogen (secondary N) is 1. The summed E-state index contributed by atoms with van der Waals surface area (Å²) < 4.78 is 13.0. The monoisotopic (exact) mass is 322 g/mol. The number of benzene rings is 1. The number of nitrogens with zero attached hydrogens (tertiary/aromatic N) is 3. The van der Waals surface area contributed by atoms with Gasteiger partial charge < -0.3 is 4.90 Å². The molecular formula is C15H19FN4OS. The van der Waals surface area contributed by atoms with Crippen molar-refractivity contribution < 1.29 is 9.18 Å². The van der Waals surface area contributed by atoms with E-state index in [1.807, 2.05) is 20.8 Å². The molecule has 0 radical (unpaired) electrons. The van der Waals surface area contributed by atoms with Gasteiger partial charge in [-0.1, -0.05) is 37.3 Å². The Morgan fingerprint density at radius 1 is 1.23 bits per heavy atom. The number of carbonyl (C=O) groups is 1. The van der Waals surface area contributed by atoms with Crippen molar-refractivity contribution in [1.82, 2.24) is 15.1 Å². The Kier molecular flexibility index (Phi) is 5.07. The maximum absolute atomic E-state index is 13.0. The van der Waals surface area contributed by atoms with Crippen molar-refractivity contribution in [1.29, 1.82) is 0 Å². The van der Waals surface area contributed by atoms with Crippen LogP contribution in [0.15, 0.2) is 24.3 Å². The van der Waals surface area contributed by atoms with Crippen LogP contribution in [0.2, 0.25) is 0 Å². The number of hydrogen-bond acceptors (Lipinski definition) is 4. The fourth-order valence-corrected chi connectivity index (χ4v) is 2.57. The number of hydrogen-bond donors (Lipinski definition) is 1. The average molecular weight is 322 g/mol. The largest absolute Gasteiger partial charge is 0.323 e. The molecule has 0 unspecified atom stereocenters. The van der Waals surface area contributed by atoms with Crippen LogP contribution in [0.1, 0.15) is 43.3 Å². The number of urea groups is 1. The van der Waals surface area contributed by atoms with Crippen LogP contribution in [-0.4, -0.2) is 28.2 Å². The molecule has 1 N–H and O–H groups in total. The molecular weight excluding hydrogens is 303 g/mol. The van der Waals surface area contributed by atoms with Gasteiger partial charge in [-0.3, -0.25) is 5.32 Å². The van der Waals surface area contributed by atoms with Crippen LogP contribution in [0, 0.1) is 5.82 Å². The van der Waals surface area contributed by atoms with Crippen LogP contribution in [-0.2, 0) is 0 Å². The molecule has 1 aromatic carbocycles. The first kappa shape index (κ1) is 16.4. The number of halogens is 1. The fraction of sp³-hybridized carbons (Fsp3) is 0.400. The van der Waals surface area contributed by atoms with E-state index in [9.17, 15) is 9.18 Å². The van der Waals surface area contributed by atoms with Crippen LogP contribution >= 0.6 is 11.3 Å². The van der Waals surface area contributed by atoms with Crippen molar-refractivity contribution >= 4 is 22.5 Å². The highest BCUT2D eigenvalue weighted by molar-refractivity contribution is 7.15. The minimum Gasteiger partial charge on any atom is -0.321 e. The number of amides is 2. The van der Waals surface area contributed by atoms with E-state index in [4.69, 9.17) is 0 Å². The molecule has 118 valence electrons. The lowest BCUT2D eigenvalue weighted by molar-refractivity contribution is 0.208. The second kappa shape index (κ2) is 6.83. The summed E-state index contributed by atoms with van der Waals surface area (Å²) in [6.07, 6.45) is 0. The van der Waals surface area contributed by atoms with Crippen LogP contribution in [0.5, 0.6) is 0 Å². The molecule has 1 atom stereocenters. The molecule has 1 heterocycles. The van der Waals surface area contributed by atoms with E-state index >= 15 is 0 Å². The van der Waals surface area contributed by atoms with E-state index in [1.165, 1.54) is 23.5 Å². The van der Waals surface area contributed by atoms with E-state index < -0.39 is 0 Å². The van der Waals surface area contributed by atoms with Crippen LogP contribution < -0.4 is 5.32 Å². The minimum atomic E-state index is -0.293. The van der Waals surface area contributed by atoms with E-state index in [-0.39, 0.29) is 23.8 Å². The van der Waals surface area contributed by atoms with E-state index in [0.29, 0.717) is 5.13 Å². The molecule has 2 amide bonds. The molecule has 0 saturated carbocycles. The Bertz CT molecular complexity index is 641. The average Bonchev–Trinajstić information content (AvgIpc) is 2.95. The van der Waals surface area contributed by atoms with Gasteiger partial charge in [-0.25, -0.2) is 9.18 Å². The molecule has 0 spiro atoms. The molecule has 22 heavy (non-hydrogen) atoms. The molecule has 1 aromatic heterocycles. The first-order valence-electron chi connectivity index (χ1n) is 7.01. The Balaban J connectivity index is 2.03. The summed E-state index contributed by atoms with van der Waals surface area (Å²) in [6, 6.07) is 5.66. The smallest absolute Gasteiger partial charge is 0.321 e. The Hall–Kier alpha value is -2.02. The van der Waals surface area contributed by atoms with Gasteiger partial charge in [-0.05, 0) is 24.6 Å². The first-order chi connectivity index (χ1) is 10.4. The highest BCUT2D eigenvalue weighted by Gasteiger charge is 2.19. The second-order valence-electron chi connectivity index (χ2n) is 5.37. The van der Waals surface area contributed by atoms with Gasteiger partial charge in [0.2, 0.25) is 5.13 Å². The molecule has 0 aliphatic heterocycles. The minimum absolute atomic E-state index is 0.182. The second-order valence-corrected chi connectivity index (χ2v) is 6.38. The molecule has 0 saturated heterocycles. The SMILES string of the molecule is CC(C)c1nnc(NC(=O)N(C)[C@@H](C)c2ccc(F)cc2)s1. The lowest BCUT2D eigenvalue weighted by atomic mass is 10.1. The number of anilines is 1. The van der Waals surface area contributed by atoms with E-state index in [1.54, 1.807) is 24.1 Å². The van der Waals surface area contributed by atoms with Crippen molar-refractivity contribution in [2.75, 3.05) is 12.4 Å². The summed E-state index contributed by atoms with van der Waals surface area (Å²) in [5.41, 5.74) is 0.860. The predicted octanol–water partition coefficient (Wildman–Crippen LogP) is 4.03. The third-order valence-corrected chi connectivity index (χ3v) is 4.54. The van der Waals surface area contributed by atoms with E-state index in [0.717, 1.165) is 10.6 Å². The van der Waals surface area contributed by atoms with Crippen molar-refractivity contribution in [3.05, 3.63) is 40.7 Å². The molecule has 5 nitrogen and oxygen atoms in total. The zero-order chi connectivity index (χ0) is 16.3. The number of carbonyl (C=O) groups excluding carboxylic acids is 1. The van der Waals surface area contributed by atoms with Crippen molar-refractivity contribution in [3.8, 4) is 0 Å². The van der Waals surface area contributed by atoms with E-state index in [2.05, 4.69) is 15.5 Å². The Labute approximate surface area is 133 Å². The van der Waals surface area contributed by atoms with Crippen molar-refractivity contribution in [2.45, 2.75) is 32.7 Å². The zero-order valence-electron chi connectivity index (χ0n) is 13.0. The zero-order valence-corrected chi connectivity index (χ0v) is 13.8. The maximum atomic E-state index is 13.0. The molecule has 0 aliphatic carbocycles. The lowest BCUT2D eigenvalue weighted by Crippen LogP contribution is -2.33. The normalized spacial score (nSPS) is 12.3. The van der Waals surface area contributed by atoms with Crippen LogP contribution in [0.25, 0.3) is 0 Å². The fourth-order valence-electron chi connectivity index (χ4n) is 1.84. The molecule has 0 bridgehead atoms. The quantitative estimate of drug-likeness (QED) is 0.924. The predicted molar refractivity (Wildman–Crippen MR) is 85.6 cm³/mol. The summed E-state index contributed by atoms with van der Waals surface area (Å²) in [7, 11) is 1.69. The van der Waals surface area contributed by atoms with Gasteiger partial charge in [0.25, 0.3) is 0 Å². The van der Waals surface area contributed by atoms with Gasteiger partial charge in [-0.2, -0.15) is 0 Å². The lowest BCUT2D eigenvalue weighted by Gasteiger charge is -2.25. The topological polar surface area (TPSA) is 58.1 Å². The summed E-state index contributed by atoms with van der Waals surface area (Å²) >= 11 is 1.37. The summed E-state index contributed by atoms with van der Waals surface area (Å²) in [5.74, 6) is -0.0165. The molecule has 0 aliphatic rings. The Morgan fingerprint density at radius 2 is 1.86 bits per heavy atom. The van der Waals surface area contributed by atoms with Crippen molar-refractivity contribution in [3.63, 3.8) is 0 Å². The van der Waals surface area contributed by atoms with Gasteiger partial charge in [-0.15, -0.1) is 10.2 Å². The highest BCUT2D eigenvalue weighted by Crippen LogP contribution is 2.24. The van der Waals surface area contributed by atoms with Gasteiger partial charge >= 0.3 is 6.03 Å². The summed E-state index contributed by atoms with van der Waals surface area (Å²) in [6.45, 7) is 5.93. The first-order valence-corrected chi connectivity index (χ1v) is 7.82. The standard InChI is InChI=1S/C15H19FN4OS/c1-9(2)13-18-19-14(22-13)17-15(21)20(4)10(3)11-5-7-12(16)8-6-11/h5-10H,1-4H3,(H,17,19,21)/t10-/m0/s1. The number of rotatable bonds is 4. The number of aromatic nitrogens is 2. The van der Waals surface area contributed by atoms with Gasteiger partial charge in [0.15, 0.2) is 0 Å². The molecule has 7 heteroatoms. The third kappa shape index (κ3) is 3.79. The summed E-state index contributed by atoms with van der Waals surface area (Å²) in [4.78, 5) is 13.8. The van der Waals surface area contributed by atoms with Gasteiger partial charge in [0.1, 0.15) is 10.8 Å². The molecule has 2 aromatic rings. The molecule has 0 fully saturated rings. The van der Waals surface area contributed by atoms with Gasteiger partial charge in [0, 0.05) is 13.0 Å². The molecule has 2 rings (SSSR count). The highest BCUT2D eigenvalue weighted by atomic mass is 32.1. The van der Waals surface area contributed by atoms with Gasteiger partial charge in [0.05, 0.1) is 6.04 Å². The Morgan fingerprint density at radius 3 is 2.41 bits per heavy atom.